The number of carbonyl (C=O) groups is 1. The van der Waals surface area contributed by atoms with Gasteiger partial charge in [-0.05, 0) is 31.4 Å². The van der Waals surface area contributed by atoms with Crippen LogP contribution >= 0.6 is 0 Å². The molecule has 0 heterocycles. The second-order valence-electron chi connectivity index (χ2n) is 3.76. The fraction of sp³-hybridized carbons (Fsp3) is 0.267. The van der Waals surface area contributed by atoms with E-state index in [2.05, 4.69) is 6.92 Å². The lowest BCUT2D eigenvalue weighted by Crippen LogP contribution is -2.00. The normalized spacial score (nSPS) is 12.1. The van der Waals surface area contributed by atoms with Gasteiger partial charge in [-0.3, -0.25) is 4.79 Å². The molecule has 0 aliphatic rings. The third-order valence-electron chi connectivity index (χ3n) is 2.52. The lowest BCUT2D eigenvalue weighted by Gasteiger charge is -2.02. The van der Waals surface area contributed by atoms with Crippen molar-refractivity contribution in [3.05, 3.63) is 59.2 Å². The maximum absolute atomic E-state index is 11.9. The van der Waals surface area contributed by atoms with Crippen molar-refractivity contribution in [3.8, 4) is 0 Å². The van der Waals surface area contributed by atoms with Gasteiger partial charge in [0.05, 0.1) is 0 Å². The quantitative estimate of drug-likeness (QED) is 0.421. The van der Waals surface area contributed by atoms with Crippen LogP contribution in [0.5, 0.6) is 0 Å². The van der Waals surface area contributed by atoms with E-state index in [1.807, 2.05) is 56.3 Å². The van der Waals surface area contributed by atoms with E-state index in [0.717, 1.165) is 17.6 Å². The summed E-state index contributed by atoms with van der Waals surface area (Å²) in [4.78, 5) is 11.9. The summed E-state index contributed by atoms with van der Waals surface area (Å²) in [6.45, 7) is 5.88. The molecule has 1 nitrogen and oxygen atoms in total. The molecule has 84 valence electrons. The summed E-state index contributed by atoms with van der Waals surface area (Å²) in [5.74, 6) is 0.0979. The highest BCUT2D eigenvalue weighted by Crippen LogP contribution is 2.10. The highest BCUT2D eigenvalue weighted by atomic mass is 16.1. The van der Waals surface area contributed by atoms with E-state index >= 15 is 0 Å². The van der Waals surface area contributed by atoms with Gasteiger partial charge in [-0.1, -0.05) is 49.4 Å². The molecule has 0 atom stereocenters. The van der Waals surface area contributed by atoms with Gasteiger partial charge in [0.1, 0.15) is 0 Å². The largest absolute Gasteiger partial charge is 0.289 e. The van der Waals surface area contributed by atoms with Crippen LogP contribution in [0.4, 0.5) is 0 Å². The average molecular weight is 214 g/mol. The number of hydrogen-bond donors (Lipinski definition) is 0. The molecule has 0 N–H and O–H groups in total. The van der Waals surface area contributed by atoms with Crippen LogP contribution in [0.1, 0.15) is 36.7 Å². The van der Waals surface area contributed by atoms with E-state index in [1.165, 1.54) is 5.56 Å². The van der Waals surface area contributed by atoms with Crippen molar-refractivity contribution in [1.82, 2.24) is 0 Å². The molecule has 0 fully saturated rings. The summed E-state index contributed by atoms with van der Waals surface area (Å²) in [6.07, 6.45) is 6.64. The molecule has 0 saturated carbocycles. The van der Waals surface area contributed by atoms with Crippen molar-refractivity contribution >= 4 is 5.78 Å². The van der Waals surface area contributed by atoms with Crippen LogP contribution in [0.25, 0.3) is 0 Å². The molecule has 0 aliphatic carbocycles. The van der Waals surface area contributed by atoms with E-state index in [1.54, 1.807) is 0 Å². The third-order valence-corrected chi connectivity index (χ3v) is 2.52. The molecule has 0 aromatic heterocycles. The molecule has 0 radical (unpaired) electrons. The van der Waals surface area contributed by atoms with Gasteiger partial charge in [-0.2, -0.15) is 0 Å². The molecule has 1 heteroatoms. The van der Waals surface area contributed by atoms with E-state index in [4.69, 9.17) is 0 Å². The zero-order chi connectivity index (χ0) is 12.0. The molecule has 0 saturated heterocycles. The van der Waals surface area contributed by atoms with Gasteiger partial charge in [0.25, 0.3) is 0 Å². The molecule has 16 heavy (non-hydrogen) atoms. The molecular formula is C15H18O. The van der Waals surface area contributed by atoms with Crippen molar-refractivity contribution in [1.29, 1.82) is 0 Å². The molecule has 0 spiro atoms. The molecule has 1 aromatic carbocycles. The molecule has 0 amide bonds. The zero-order valence-electron chi connectivity index (χ0n) is 10.2. The van der Waals surface area contributed by atoms with Gasteiger partial charge in [0.2, 0.25) is 0 Å². The zero-order valence-corrected chi connectivity index (χ0v) is 10.2. The number of allylic oxidation sites excluding steroid dienone is 4. The third kappa shape index (κ3) is 3.20. The summed E-state index contributed by atoms with van der Waals surface area (Å²) in [5.41, 5.74) is 2.78. The maximum atomic E-state index is 11.9. The van der Waals surface area contributed by atoms with Crippen molar-refractivity contribution in [3.63, 3.8) is 0 Å². The van der Waals surface area contributed by atoms with Crippen LogP contribution in [-0.2, 0) is 6.42 Å². The molecule has 0 bridgehead atoms. The minimum atomic E-state index is 0.0979. The fourth-order valence-corrected chi connectivity index (χ4v) is 1.44. The Morgan fingerprint density at radius 1 is 1.25 bits per heavy atom. The molecule has 0 unspecified atom stereocenters. The number of benzene rings is 1. The Morgan fingerprint density at radius 2 is 1.88 bits per heavy atom. The highest BCUT2D eigenvalue weighted by Gasteiger charge is 2.06. The van der Waals surface area contributed by atoms with Crippen LogP contribution < -0.4 is 0 Å². The van der Waals surface area contributed by atoms with Crippen LogP contribution in [0.15, 0.2) is 48.1 Å². The smallest absolute Gasteiger partial charge is 0.188 e. The minimum Gasteiger partial charge on any atom is -0.289 e. The van der Waals surface area contributed by atoms with Gasteiger partial charge in [0.15, 0.2) is 5.78 Å². The first-order valence-electron chi connectivity index (χ1n) is 5.62. The van der Waals surface area contributed by atoms with Crippen LogP contribution in [0.2, 0.25) is 0 Å². The average Bonchev–Trinajstić information content (AvgIpc) is 2.35. The fourth-order valence-electron chi connectivity index (χ4n) is 1.44. The second-order valence-corrected chi connectivity index (χ2v) is 3.76. The Morgan fingerprint density at radius 3 is 2.38 bits per heavy atom. The number of aryl methyl sites for hydroxylation is 1. The van der Waals surface area contributed by atoms with Gasteiger partial charge in [0, 0.05) is 5.56 Å². The molecule has 1 rings (SSSR count). The Bertz CT molecular complexity index is 408. The maximum Gasteiger partial charge on any atom is 0.188 e. The van der Waals surface area contributed by atoms with Gasteiger partial charge < -0.3 is 0 Å². The Hall–Kier alpha value is -1.63. The highest BCUT2D eigenvalue weighted by molar-refractivity contribution is 6.08. The summed E-state index contributed by atoms with van der Waals surface area (Å²) in [6, 6.07) is 7.81. The SMILES string of the molecule is C/C=C\C=C(/C)C(=O)c1ccc(CC)cc1. The van der Waals surface area contributed by atoms with Gasteiger partial charge in [-0.25, -0.2) is 0 Å². The van der Waals surface area contributed by atoms with Gasteiger partial charge in [-0.15, -0.1) is 0 Å². The van der Waals surface area contributed by atoms with E-state index in [9.17, 15) is 4.79 Å². The number of ketones is 1. The predicted octanol–water partition coefficient (Wildman–Crippen LogP) is 3.95. The van der Waals surface area contributed by atoms with E-state index in [-0.39, 0.29) is 5.78 Å². The summed E-state index contributed by atoms with van der Waals surface area (Å²) in [7, 11) is 0. The van der Waals surface area contributed by atoms with Crippen molar-refractivity contribution in [2.24, 2.45) is 0 Å². The topological polar surface area (TPSA) is 17.1 Å². The summed E-state index contributed by atoms with van der Waals surface area (Å²) in [5, 5.41) is 0. The number of Topliss-reactive ketones (excluding diaryl/α,β-unsaturated/α-hetero) is 1. The van der Waals surface area contributed by atoms with E-state index in [0.29, 0.717) is 0 Å². The monoisotopic (exact) mass is 214 g/mol. The van der Waals surface area contributed by atoms with Crippen molar-refractivity contribution in [2.45, 2.75) is 27.2 Å². The first kappa shape index (κ1) is 12.4. The number of carbonyl (C=O) groups excluding carboxylic acids is 1. The lowest BCUT2D eigenvalue weighted by molar-refractivity contribution is 0.103. The van der Waals surface area contributed by atoms with Gasteiger partial charge >= 0.3 is 0 Å². The predicted molar refractivity (Wildman–Crippen MR) is 68.7 cm³/mol. The number of rotatable bonds is 4. The Kier molecular flexibility index (Phi) is 4.71. The Labute approximate surface area is 97.5 Å². The number of hydrogen-bond acceptors (Lipinski definition) is 1. The summed E-state index contributed by atoms with van der Waals surface area (Å²) < 4.78 is 0. The summed E-state index contributed by atoms with van der Waals surface area (Å²) >= 11 is 0. The molecule has 1 aromatic rings. The van der Waals surface area contributed by atoms with Crippen molar-refractivity contribution in [2.75, 3.05) is 0 Å². The Balaban J connectivity index is 2.88. The minimum absolute atomic E-state index is 0.0979. The first-order valence-corrected chi connectivity index (χ1v) is 5.62. The molecular weight excluding hydrogens is 196 g/mol. The first-order chi connectivity index (χ1) is 7.69. The van der Waals surface area contributed by atoms with Crippen LogP contribution in [-0.4, -0.2) is 5.78 Å². The standard InChI is InChI=1S/C15H18O/c1-4-6-7-12(3)15(16)14-10-8-13(5-2)9-11-14/h4,6-11H,5H2,1-3H3/b6-4-,12-7+. The van der Waals surface area contributed by atoms with E-state index < -0.39 is 0 Å². The van der Waals surface area contributed by atoms with Crippen molar-refractivity contribution < 1.29 is 4.79 Å². The second kappa shape index (κ2) is 6.06. The van der Waals surface area contributed by atoms with Crippen LogP contribution in [0, 0.1) is 0 Å². The molecule has 0 aliphatic heterocycles. The lowest BCUT2D eigenvalue weighted by atomic mass is 10.0. The van der Waals surface area contributed by atoms with Crippen LogP contribution in [0.3, 0.4) is 0 Å².